The molecule has 0 atom stereocenters. The van der Waals surface area contributed by atoms with Gasteiger partial charge in [-0.05, 0) is 30.3 Å². The number of nitrogens with one attached hydrogen (secondary N) is 1. The van der Waals surface area contributed by atoms with Crippen molar-refractivity contribution >= 4 is 21.8 Å². The normalized spacial score (nSPS) is 10.9. The summed E-state index contributed by atoms with van der Waals surface area (Å²) in [6.07, 6.45) is 1.25. The lowest BCUT2D eigenvalue weighted by molar-refractivity contribution is 0.0600. The first kappa shape index (κ1) is 16.7. The van der Waals surface area contributed by atoms with E-state index in [0.29, 0.717) is 0 Å². The van der Waals surface area contributed by atoms with E-state index in [4.69, 9.17) is 4.74 Å². The van der Waals surface area contributed by atoms with Crippen LogP contribution in [-0.2, 0) is 14.8 Å². The van der Waals surface area contributed by atoms with Crippen molar-refractivity contribution in [3.8, 4) is 5.75 Å². The lowest BCUT2D eigenvalue weighted by atomic mass is 10.2. The maximum absolute atomic E-state index is 13.6. The van der Waals surface area contributed by atoms with Crippen LogP contribution < -0.4 is 9.46 Å². The number of hydrogen-bond acceptors (Lipinski definition) is 6. The average molecular weight is 340 g/mol. The Morgan fingerprint density at radius 2 is 2.00 bits per heavy atom. The van der Waals surface area contributed by atoms with Gasteiger partial charge < -0.3 is 9.47 Å². The van der Waals surface area contributed by atoms with Gasteiger partial charge in [0.2, 0.25) is 0 Å². The monoisotopic (exact) mass is 340 g/mol. The Morgan fingerprint density at radius 1 is 1.26 bits per heavy atom. The Hall–Kier alpha value is -2.68. The van der Waals surface area contributed by atoms with Crippen molar-refractivity contribution in [2.24, 2.45) is 0 Å². The number of anilines is 1. The van der Waals surface area contributed by atoms with Gasteiger partial charge in [-0.15, -0.1) is 0 Å². The van der Waals surface area contributed by atoms with Crippen molar-refractivity contribution in [2.75, 3.05) is 18.9 Å². The van der Waals surface area contributed by atoms with E-state index in [2.05, 4.69) is 9.72 Å². The first-order valence-electron chi connectivity index (χ1n) is 6.28. The minimum atomic E-state index is -4.16. The molecule has 9 heteroatoms. The van der Waals surface area contributed by atoms with Gasteiger partial charge in [0.15, 0.2) is 11.6 Å². The van der Waals surface area contributed by atoms with Crippen LogP contribution in [-0.4, -0.2) is 33.6 Å². The molecular weight excluding hydrogens is 327 g/mol. The highest BCUT2D eigenvalue weighted by molar-refractivity contribution is 7.92. The zero-order valence-corrected chi connectivity index (χ0v) is 13.1. The molecule has 0 saturated carbocycles. The summed E-state index contributed by atoms with van der Waals surface area (Å²) in [7, 11) is -1.71. The first-order chi connectivity index (χ1) is 10.9. The van der Waals surface area contributed by atoms with Crippen molar-refractivity contribution in [1.82, 2.24) is 4.98 Å². The van der Waals surface area contributed by atoms with E-state index in [0.717, 1.165) is 12.1 Å². The molecule has 1 aromatic carbocycles. The number of pyridine rings is 1. The Bertz CT molecular complexity index is 839. The molecule has 0 radical (unpaired) electrons. The lowest BCUT2D eigenvalue weighted by Crippen LogP contribution is -2.16. The zero-order chi connectivity index (χ0) is 17.0. The van der Waals surface area contributed by atoms with E-state index >= 15 is 0 Å². The summed E-state index contributed by atoms with van der Waals surface area (Å²) in [6.45, 7) is 0. The SMILES string of the molecule is COC(=O)c1ccc(S(=O)(=O)Nc2ncccc2F)c(OC)c1. The van der Waals surface area contributed by atoms with E-state index in [9.17, 15) is 17.6 Å². The molecule has 0 bridgehead atoms. The third-order valence-electron chi connectivity index (χ3n) is 2.86. The predicted molar refractivity (Wildman–Crippen MR) is 79.3 cm³/mol. The van der Waals surface area contributed by atoms with Gasteiger partial charge in [-0.1, -0.05) is 0 Å². The second-order valence-electron chi connectivity index (χ2n) is 4.30. The molecule has 1 N–H and O–H groups in total. The van der Waals surface area contributed by atoms with E-state index < -0.39 is 27.6 Å². The van der Waals surface area contributed by atoms with Gasteiger partial charge in [0.1, 0.15) is 10.6 Å². The second-order valence-corrected chi connectivity index (χ2v) is 5.95. The average Bonchev–Trinajstić information content (AvgIpc) is 2.55. The topological polar surface area (TPSA) is 94.6 Å². The highest BCUT2D eigenvalue weighted by Gasteiger charge is 2.23. The highest BCUT2D eigenvalue weighted by Crippen LogP contribution is 2.27. The smallest absolute Gasteiger partial charge is 0.337 e. The Labute approximate surface area is 132 Å². The maximum atomic E-state index is 13.6. The molecule has 0 amide bonds. The van der Waals surface area contributed by atoms with Gasteiger partial charge in [0.25, 0.3) is 10.0 Å². The minimum absolute atomic E-state index is 0.0864. The van der Waals surface area contributed by atoms with Gasteiger partial charge in [-0.3, -0.25) is 4.72 Å². The minimum Gasteiger partial charge on any atom is -0.495 e. The summed E-state index contributed by atoms with van der Waals surface area (Å²) >= 11 is 0. The summed E-state index contributed by atoms with van der Waals surface area (Å²) in [5, 5.41) is 0. The third-order valence-corrected chi connectivity index (χ3v) is 4.24. The molecule has 0 fully saturated rings. The number of ether oxygens (including phenoxy) is 2. The molecule has 0 aliphatic rings. The summed E-state index contributed by atoms with van der Waals surface area (Å²) in [5.41, 5.74) is 0.118. The molecule has 1 heterocycles. The van der Waals surface area contributed by atoms with Crippen molar-refractivity contribution in [1.29, 1.82) is 0 Å². The van der Waals surface area contributed by atoms with Gasteiger partial charge >= 0.3 is 5.97 Å². The standard InChI is InChI=1S/C14H13FN2O5S/c1-21-11-8-9(14(18)22-2)5-6-12(11)23(19,20)17-13-10(15)4-3-7-16-13/h3-8H,1-2H3,(H,16,17). The third kappa shape index (κ3) is 3.57. The van der Waals surface area contributed by atoms with Crippen LogP contribution in [0.4, 0.5) is 10.2 Å². The molecule has 0 unspecified atom stereocenters. The Morgan fingerprint density at radius 3 is 2.61 bits per heavy atom. The molecule has 7 nitrogen and oxygen atoms in total. The van der Waals surface area contributed by atoms with Gasteiger partial charge in [-0.2, -0.15) is 0 Å². The van der Waals surface area contributed by atoms with Gasteiger partial charge in [0, 0.05) is 6.20 Å². The number of sulfonamides is 1. The lowest BCUT2D eigenvalue weighted by Gasteiger charge is -2.12. The molecule has 1 aromatic heterocycles. The number of rotatable bonds is 5. The number of methoxy groups -OCH3 is 2. The molecule has 2 rings (SSSR count). The quantitative estimate of drug-likeness (QED) is 0.834. The van der Waals surface area contributed by atoms with Crippen LogP contribution in [0.5, 0.6) is 5.75 Å². The maximum Gasteiger partial charge on any atom is 0.337 e. The predicted octanol–water partition coefficient (Wildman–Crippen LogP) is 1.82. The molecular formula is C14H13FN2O5S. The number of hydrogen-bond donors (Lipinski definition) is 1. The van der Waals surface area contributed by atoms with Crippen molar-refractivity contribution in [2.45, 2.75) is 4.90 Å². The number of benzene rings is 1. The van der Waals surface area contributed by atoms with Gasteiger partial charge in [-0.25, -0.2) is 22.6 Å². The van der Waals surface area contributed by atoms with Crippen LogP contribution in [0.15, 0.2) is 41.4 Å². The summed E-state index contributed by atoms with van der Waals surface area (Å²) < 4.78 is 49.9. The molecule has 0 spiro atoms. The molecule has 2 aromatic rings. The second kappa shape index (κ2) is 6.61. The number of aromatic nitrogens is 1. The Balaban J connectivity index is 2.43. The van der Waals surface area contributed by atoms with Crippen LogP contribution in [0, 0.1) is 5.82 Å². The van der Waals surface area contributed by atoms with E-state index in [1.165, 1.54) is 38.6 Å². The fourth-order valence-corrected chi connectivity index (χ4v) is 2.95. The fourth-order valence-electron chi connectivity index (χ4n) is 1.78. The Kier molecular flexibility index (Phi) is 4.80. The number of carbonyl (C=O) groups is 1. The number of esters is 1. The van der Waals surface area contributed by atoms with Crippen LogP contribution >= 0.6 is 0 Å². The van der Waals surface area contributed by atoms with E-state index in [1.807, 2.05) is 4.72 Å². The molecule has 122 valence electrons. The highest BCUT2D eigenvalue weighted by atomic mass is 32.2. The van der Waals surface area contributed by atoms with Crippen LogP contribution in [0.2, 0.25) is 0 Å². The van der Waals surface area contributed by atoms with Gasteiger partial charge in [0.05, 0.1) is 19.8 Å². The fraction of sp³-hybridized carbons (Fsp3) is 0.143. The first-order valence-corrected chi connectivity index (χ1v) is 7.77. The number of nitrogens with zero attached hydrogens (tertiary/aromatic N) is 1. The summed E-state index contributed by atoms with van der Waals surface area (Å²) in [6, 6.07) is 6.04. The molecule has 0 saturated heterocycles. The molecule has 0 aliphatic carbocycles. The largest absolute Gasteiger partial charge is 0.495 e. The van der Waals surface area contributed by atoms with Crippen LogP contribution in [0.25, 0.3) is 0 Å². The van der Waals surface area contributed by atoms with Crippen molar-refractivity contribution < 1.29 is 27.1 Å². The van der Waals surface area contributed by atoms with E-state index in [1.54, 1.807) is 0 Å². The zero-order valence-electron chi connectivity index (χ0n) is 12.2. The molecule has 23 heavy (non-hydrogen) atoms. The van der Waals surface area contributed by atoms with Crippen molar-refractivity contribution in [3.05, 3.63) is 47.9 Å². The summed E-state index contributed by atoms with van der Waals surface area (Å²) in [5.74, 6) is -1.99. The number of halogens is 1. The number of carbonyl (C=O) groups excluding carboxylic acids is 1. The van der Waals surface area contributed by atoms with Crippen molar-refractivity contribution in [3.63, 3.8) is 0 Å². The van der Waals surface area contributed by atoms with E-state index in [-0.39, 0.29) is 16.2 Å². The van der Waals surface area contributed by atoms with Crippen LogP contribution in [0.3, 0.4) is 0 Å². The summed E-state index contributed by atoms with van der Waals surface area (Å²) in [4.78, 5) is 14.8. The van der Waals surface area contributed by atoms with Crippen LogP contribution in [0.1, 0.15) is 10.4 Å². The molecule has 0 aliphatic heterocycles.